The topological polar surface area (TPSA) is 45.7 Å². The summed E-state index contributed by atoms with van der Waals surface area (Å²) in [6.07, 6.45) is 3.77. The largest absolute Gasteiger partial charge is 0.379 e. The summed E-state index contributed by atoms with van der Waals surface area (Å²) in [5, 5.41) is 6.74. The fourth-order valence-electron chi connectivity index (χ4n) is 2.65. The van der Waals surface area contributed by atoms with Gasteiger partial charge in [0.05, 0.1) is 12.6 Å². The molecule has 0 radical (unpaired) electrons. The quantitative estimate of drug-likeness (QED) is 0.418. The number of nitrogens with one attached hydrogen (secondary N) is 2. The average molecular weight is 317 g/mol. The highest BCUT2D eigenvalue weighted by molar-refractivity contribution is 5.79. The van der Waals surface area contributed by atoms with Crippen molar-refractivity contribution in [3.63, 3.8) is 0 Å². The van der Waals surface area contributed by atoms with Crippen LogP contribution in [0.3, 0.4) is 0 Å². The van der Waals surface area contributed by atoms with E-state index in [1.165, 1.54) is 18.4 Å². The minimum atomic E-state index is 0.268. The van der Waals surface area contributed by atoms with Crippen LogP contribution in [0.15, 0.2) is 35.3 Å². The molecular weight excluding hydrogens is 286 g/mol. The van der Waals surface area contributed by atoms with Gasteiger partial charge in [-0.1, -0.05) is 30.3 Å². The first-order valence-electron chi connectivity index (χ1n) is 8.85. The van der Waals surface area contributed by atoms with Gasteiger partial charge in [-0.3, -0.25) is 4.99 Å². The SMILES string of the molecule is CCNC(=NCC1(c2ccccc2)CC1)NCCCOC(C)C. The van der Waals surface area contributed by atoms with Gasteiger partial charge in [0.1, 0.15) is 0 Å². The molecule has 2 N–H and O–H groups in total. The number of guanidine groups is 1. The Hall–Kier alpha value is -1.55. The molecule has 1 aliphatic carbocycles. The summed E-state index contributed by atoms with van der Waals surface area (Å²) in [7, 11) is 0. The molecule has 0 unspecified atom stereocenters. The summed E-state index contributed by atoms with van der Waals surface area (Å²) in [6.45, 7) is 9.65. The smallest absolute Gasteiger partial charge is 0.191 e. The second kappa shape index (κ2) is 8.92. The van der Waals surface area contributed by atoms with E-state index in [1.807, 2.05) is 0 Å². The molecule has 1 fully saturated rings. The Kier molecular flexibility index (Phi) is 6.90. The summed E-state index contributed by atoms with van der Waals surface area (Å²) < 4.78 is 5.57. The first-order chi connectivity index (χ1) is 11.2. The lowest BCUT2D eigenvalue weighted by Gasteiger charge is -2.16. The molecule has 0 amide bonds. The predicted octanol–water partition coefficient (Wildman–Crippen LogP) is 3.09. The van der Waals surface area contributed by atoms with Crippen molar-refractivity contribution in [1.29, 1.82) is 0 Å². The number of nitrogens with zero attached hydrogens (tertiary/aromatic N) is 1. The molecule has 0 atom stereocenters. The van der Waals surface area contributed by atoms with Gasteiger partial charge in [-0.2, -0.15) is 0 Å². The van der Waals surface area contributed by atoms with Crippen LogP contribution in [0.1, 0.15) is 45.6 Å². The van der Waals surface area contributed by atoms with E-state index in [0.717, 1.165) is 38.6 Å². The Balaban J connectivity index is 1.82. The van der Waals surface area contributed by atoms with Gasteiger partial charge >= 0.3 is 0 Å². The lowest BCUT2D eigenvalue weighted by Crippen LogP contribution is -2.38. The van der Waals surface area contributed by atoms with Gasteiger partial charge in [-0.25, -0.2) is 0 Å². The number of rotatable bonds is 9. The molecule has 1 aliphatic rings. The Morgan fingerprint density at radius 2 is 1.96 bits per heavy atom. The fraction of sp³-hybridized carbons (Fsp3) is 0.632. The maximum atomic E-state index is 5.57. The number of aliphatic imine (C=N–C) groups is 1. The number of benzene rings is 1. The molecule has 4 heteroatoms. The van der Waals surface area contributed by atoms with Gasteiger partial charge < -0.3 is 15.4 Å². The Morgan fingerprint density at radius 3 is 2.57 bits per heavy atom. The zero-order chi connectivity index (χ0) is 16.5. The van der Waals surface area contributed by atoms with Crippen LogP contribution in [-0.4, -0.2) is 38.3 Å². The van der Waals surface area contributed by atoms with Gasteiger partial charge in [0.15, 0.2) is 5.96 Å². The van der Waals surface area contributed by atoms with E-state index in [4.69, 9.17) is 9.73 Å². The first-order valence-corrected chi connectivity index (χ1v) is 8.85. The molecule has 128 valence electrons. The fourth-order valence-corrected chi connectivity index (χ4v) is 2.65. The van der Waals surface area contributed by atoms with E-state index >= 15 is 0 Å². The van der Waals surface area contributed by atoms with Gasteiger partial charge in [0, 0.05) is 25.1 Å². The van der Waals surface area contributed by atoms with E-state index in [-0.39, 0.29) is 5.41 Å². The summed E-state index contributed by atoms with van der Waals surface area (Å²) in [5.74, 6) is 0.916. The average Bonchev–Trinajstić information content (AvgIpc) is 3.34. The van der Waals surface area contributed by atoms with E-state index in [0.29, 0.717) is 6.10 Å². The minimum Gasteiger partial charge on any atom is -0.379 e. The maximum absolute atomic E-state index is 5.57. The molecule has 1 aromatic carbocycles. The van der Waals surface area contributed by atoms with Crippen LogP contribution in [0.5, 0.6) is 0 Å². The van der Waals surface area contributed by atoms with Crippen molar-refractivity contribution in [2.75, 3.05) is 26.2 Å². The molecule has 0 spiro atoms. The van der Waals surface area contributed by atoms with E-state index in [1.54, 1.807) is 0 Å². The van der Waals surface area contributed by atoms with E-state index in [9.17, 15) is 0 Å². The van der Waals surface area contributed by atoms with Crippen molar-refractivity contribution in [1.82, 2.24) is 10.6 Å². The van der Waals surface area contributed by atoms with E-state index in [2.05, 4.69) is 61.7 Å². The molecule has 1 aromatic rings. The third kappa shape index (κ3) is 5.87. The molecule has 1 saturated carbocycles. The highest BCUT2D eigenvalue weighted by atomic mass is 16.5. The molecule has 0 aromatic heterocycles. The third-order valence-corrected chi connectivity index (χ3v) is 4.19. The monoisotopic (exact) mass is 317 g/mol. The van der Waals surface area contributed by atoms with E-state index < -0.39 is 0 Å². The number of ether oxygens (including phenoxy) is 1. The lowest BCUT2D eigenvalue weighted by atomic mass is 9.96. The lowest BCUT2D eigenvalue weighted by molar-refractivity contribution is 0.0776. The zero-order valence-corrected chi connectivity index (χ0v) is 14.8. The Bertz CT molecular complexity index is 481. The minimum absolute atomic E-state index is 0.268. The van der Waals surface area contributed by atoms with Crippen LogP contribution >= 0.6 is 0 Å². The third-order valence-electron chi connectivity index (χ3n) is 4.19. The maximum Gasteiger partial charge on any atom is 0.191 e. The van der Waals surface area contributed by atoms with Crippen LogP contribution in [0.2, 0.25) is 0 Å². The second-order valence-corrected chi connectivity index (χ2v) is 6.54. The van der Waals surface area contributed by atoms with Crippen LogP contribution in [0.4, 0.5) is 0 Å². The van der Waals surface area contributed by atoms with Crippen LogP contribution < -0.4 is 10.6 Å². The van der Waals surface area contributed by atoms with Gasteiger partial charge in [-0.05, 0) is 45.6 Å². The Labute approximate surface area is 140 Å². The predicted molar refractivity (Wildman–Crippen MR) is 97.0 cm³/mol. The number of hydrogen-bond acceptors (Lipinski definition) is 2. The van der Waals surface area contributed by atoms with Gasteiger partial charge in [0.2, 0.25) is 0 Å². The summed E-state index contributed by atoms with van der Waals surface area (Å²) in [5.41, 5.74) is 1.69. The standard InChI is InChI=1S/C19H31N3O/c1-4-20-18(21-13-8-14-23-16(2)3)22-15-19(11-12-19)17-9-6-5-7-10-17/h5-7,9-10,16H,4,8,11-15H2,1-3H3,(H2,20,21,22). The van der Waals surface area contributed by atoms with Crippen LogP contribution in [0, 0.1) is 0 Å². The summed E-state index contributed by atoms with van der Waals surface area (Å²) in [4.78, 5) is 4.81. The molecular formula is C19H31N3O. The van der Waals surface area contributed by atoms with Crippen molar-refractivity contribution in [2.45, 2.75) is 51.6 Å². The highest BCUT2D eigenvalue weighted by Crippen LogP contribution is 2.48. The molecule has 4 nitrogen and oxygen atoms in total. The molecule has 23 heavy (non-hydrogen) atoms. The molecule has 0 aliphatic heterocycles. The second-order valence-electron chi connectivity index (χ2n) is 6.54. The van der Waals surface area contributed by atoms with Crippen LogP contribution in [0.25, 0.3) is 0 Å². The highest BCUT2D eigenvalue weighted by Gasteiger charge is 2.43. The molecule has 0 heterocycles. The molecule has 0 saturated heterocycles. The van der Waals surface area contributed by atoms with Crippen molar-refractivity contribution in [3.05, 3.63) is 35.9 Å². The van der Waals surface area contributed by atoms with Gasteiger partial charge in [-0.15, -0.1) is 0 Å². The zero-order valence-electron chi connectivity index (χ0n) is 14.8. The van der Waals surface area contributed by atoms with Crippen molar-refractivity contribution < 1.29 is 4.74 Å². The van der Waals surface area contributed by atoms with Crippen molar-refractivity contribution in [2.24, 2.45) is 4.99 Å². The van der Waals surface area contributed by atoms with Crippen molar-refractivity contribution >= 4 is 5.96 Å². The summed E-state index contributed by atoms with van der Waals surface area (Å²) in [6, 6.07) is 10.8. The number of hydrogen-bond donors (Lipinski definition) is 2. The van der Waals surface area contributed by atoms with Crippen LogP contribution in [-0.2, 0) is 10.2 Å². The van der Waals surface area contributed by atoms with Gasteiger partial charge in [0.25, 0.3) is 0 Å². The molecule has 2 rings (SSSR count). The Morgan fingerprint density at radius 1 is 1.22 bits per heavy atom. The van der Waals surface area contributed by atoms with Crippen molar-refractivity contribution in [3.8, 4) is 0 Å². The normalized spacial score (nSPS) is 16.4. The first kappa shape index (κ1) is 17.8. The molecule has 0 bridgehead atoms. The summed E-state index contributed by atoms with van der Waals surface area (Å²) >= 11 is 0.